The second kappa shape index (κ2) is 6.11. The molecule has 1 aliphatic rings. The van der Waals surface area contributed by atoms with Crippen molar-refractivity contribution in [1.29, 1.82) is 0 Å². The summed E-state index contributed by atoms with van der Waals surface area (Å²) in [4.78, 5) is 0. The maximum absolute atomic E-state index is 5.73. The fraction of sp³-hybridized carbons (Fsp3) is 0.833. The number of allylic oxidation sites excluding steroid dienone is 1. The van der Waals surface area contributed by atoms with Gasteiger partial charge in [0.05, 0.1) is 0 Å². The predicted octanol–water partition coefficient (Wildman–Crippen LogP) is 2.24. The molecule has 1 rings (SSSR count). The first-order valence-corrected chi connectivity index (χ1v) is 8.00. The van der Waals surface area contributed by atoms with Gasteiger partial charge in [-0.3, -0.25) is 0 Å². The quantitative estimate of drug-likeness (QED) is 0.417. The van der Waals surface area contributed by atoms with Gasteiger partial charge in [-0.15, -0.1) is 6.58 Å². The number of ether oxygens (including phenoxy) is 2. The summed E-state index contributed by atoms with van der Waals surface area (Å²) in [7, 11) is 4.23. The van der Waals surface area contributed by atoms with Crippen LogP contribution in [0.2, 0.25) is 6.04 Å². The van der Waals surface area contributed by atoms with Gasteiger partial charge in [0.15, 0.2) is 0 Å². The first-order chi connectivity index (χ1) is 8.16. The van der Waals surface area contributed by atoms with Crippen molar-refractivity contribution in [3.8, 4) is 0 Å². The lowest BCUT2D eigenvalue weighted by atomic mass is 9.98. The first kappa shape index (κ1) is 14.9. The Bertz CT molecular complexity index is 249. The molecule has 1 heterocycles. The van der Waals surface area contributed by atoms with Crippen molar-refractivity contribution in [2.24, 2.45) is 5.92 Å². The van der Waals surface area contributed by atoms with Crippen molar-refractivity contribution in [2.75, 3.05) is 28.4 Å². The van der Waals surface area contributed by atoms with Gasteiger partial charge < -0.3 is 18.3 Å². The van der Waals surface area contributed by atoms with E-state index in [1.54, 1.807) is 28.4 Å². The molecule has 0 amide bonds. The molecule has 0 aromatic rings. The smallest absolute Gasteiger partial charge is 0.395 e. The fourth-order valence-corrected chi connectivity index (χ4v) is 6.70. The first-order valence-electron chi connectivity index (χ1n) is 5.97. The Balaban J connectivity index is 3.14. The second-order valence-corrected chi connectivity index (χ2v) is 7.87. The minimum absolute atomic E-state index is 0.246. The highest BCUT2D eigenvalue weighted by molar-refractivity contribution is 6.70. The zero-order valence-corrected chi connectivity index (χ0v) is 12.3. The van der Waals surface area contributed by atoms with Crippen molar-refractivity contribution in [1.82, 2.24) is 0 Å². The molecule has 1 atom stereocenters. The van der Waals surface area contributed by atoms with E-state index in [1.807, 2.05) is 6.08 Å². The minimum Gasteiger partial charge on any atom is -0.395 e. The Labute approximate surface area is 105 Å². The zero-order valence-electron chi connectivity index (χ0n) is 11.3. The van der Waals surface area contributed by atoms with Crippen molar-refractivity contribution in [2.45, 2.75) is 30.7 Å². The van der Waals surface area contributed by atoms with Crippen molar-refractivity contribution >= 4 is 8.56 Å². The standard InChI is InChI=1S/C12H24O4Si/c1-6-8-11-9-7-10-17(15-4,16-5)12(11,13-2)14-3/h6,11H,1,7-10H2,2-5H3. The van der Waals surface area contributed by atoms with E-state index in [-0.39, 0.29) is 5.92 Å². The van der Waals surface area contributed by atoms with E-state index in [0.717, 1.165) is 25.3 Å². The molecule has 1 fully saturated rings. The van der Waals surface area contributed by atoms with E-state index in [9.17, 15) is 0 Å². The Morgan fingerprint density at radius 1 is 1.24 bits per heavy atom. The van der Waals surface area contributed by atoms with Crippen LogP contribution in [0.15, 0.2) is 12.7 Å². The highest BCUT2D eigenvalue weighted by Crippen LogP contribution is 2.45. The summed E-state index contributed by atoms with van der Waals surface area (Å²) in [6.45, 7) is 3.81. The van der Waals surface area contributed by atoms with E-state index in [4.69, 9.17) is 18.3 Å². The summed E-state index contributed by atoms with van der Waals surface area (Å²) < 4.78 is 22.9. The molecular weight excluding hydrogens is 236 g/mol. The summed E-state index contributed by atoms with van der Waals surface area (Å²) in [5.41, 5.74) is -0.733. The molecular formula is C12H24O4Si. The van der Waals surface area contributed by atoms with Crippen LogP contribution < -0.4 is 0 Å². The minimum atomic E-state index is -2.50. The van der Waals surface area contributed by atoms with E-state index < -0.39 is 14.0 Å². The molecule has 0 bridgehead atoms. The molecule has 0 N–H and O–H groups in total. The third-order valence-electron chi connectivity index (χ3n) is 3.84. The summed E-state index contributed by atoms with van der Waals surface area (Å²) in [5.74, 6) is 0.246. The normalized spacial score (nSPS) is 26.7. The van der Waals surface area contributed by atoms with Gasteiger partial charge in [0.1, 0.15) is 0 Å². The van der Waals surface area contributed by atoms with Crippen molar-refractivity contribution < 1.29 is 18.3 Å². The Morgan fingerprint density at radius 2 is 1.82 bits per heavy atom. The van der Waals surface area contributed by atoms with Gasteiger partial charge in [-0.2, -0.15) is 0 Å². The Kier molecular flexibility index (Phi) is 5.34. The van der Waals surface area contributed by atoms with Crippen LogP contribution in [0.3, 0.4) is 0 Å². The number of hydrogen-bond acceptors (Lipinski definition) is 4. The molecule has 0 aromatic heterocycles. The number of methoxy groups -OCH3 is 2. The lowest BCUT2D eigenvalue weighted by Gasteiger charge is -2.50. The SMILES string of the molecule is C=CCC1CCC[Si](OC)(OC)C1(OC)OC. The molecule has 0 spiro atoms. The third-order valence-corrected chi connectivity index (χ3v) is 8.05. The van der Waals surface area contributed by atoms with E-state index in [1.165, 1.54) is 0 Å². The largest absolute Gasteiger partial charge is 0.399 e. The van der Waals surface area contributed by atoms with Crippen molar-refractivity contribution in [3.05, 3.63) is 12.7 Å². The van der Waals surface area contributed by atoms with Crippen LogP contribution in [0.4, 0.5) is 0 Å². The number of rotatable bonds is 6. The summed E-state index contributed by atoms with van der Waals surface area (Å²) in [6, 6.07) is 0.898. The van der Waals surface area contributed by atoms with Crippen LogP contribution >= 0.6 is 0 Å². The zero-order chi connectivity index (χ0) is 12.9. The molecule has 1 aliphatic heterocycles. The van der Waals surface area contributed by atoms with Crippen LogP contribution in [-0.4, -0.2) is 42.4 Å². The van der Waals surface area contributed by atoms with Crippen LogP contribution in [-0.2, 0) is 18.3 Å². The molecule has 4 nitrogen and oxygen atoms in total. The van der Waals surface area contributed by atoms with Crippen LogP contribution in [0.25, 0.3) is 0 Å². The van der Waals surface area contributed by atoms with Crippen LogP contribution in [0.5, 0.6) is 0 Å². The highest BCUT2D eigenvalue weighted by Gasteiger charge is 2.64. The molecule has 5 heteroatoms. The Hall–Kier alpha value is -0.203. The lowest BCUT2D eigenvalue weighted by Crippen LogP contribution is -2.69. The predicted molar refractivity (Wildman–Crippen MR) is 68.9 cm³/mol. The molecule has 1 saturated heterocycles. The highest BCUT2D eigenvalue weighted by atomic mass is 28.4. The average molecular weight is 260 g/mol. The van der Waals surface area contributed by atoms with E-state index in [2.05, 4.69) is 6.58 Å². The van der Waals surface area contributed by atoms with Crippen LogP contribution in [0.1, 0.15) is 19.3 Å². The van der Waals surface area contributed by atoms with Gasteiger partial charge in [-0.05, 0) is 18.9 Å². The third kappa shape index (κ3) is 2.22. The van der Waals surface area contributed by atoms with Crippen molar-refractivity contribution in [3.63, 3.8) is 0 Å². The van der Waals surface area contributed by atoms with Gasteiger partial charge in [0.2, 0.25) is 5.41 Å². The van der Waals surface area contributed by atoms with Crippen LogP contribution in [0, 0.1) is 5.92 Å². The molecule has 17 heavy (non-hydrogen) atoms. The maximum atomic E-state index is 5.73. The number of hydrogen-bond donors (Lipinski definition) is 0. The molecule has 1 unspecified atom stereocenters. The Morgan fingerprint density at radius 3 is 2.24 bits per heavy atom. The second-order valence-electron chi connectivity index (χ2n) is 4.35. The van der Waals surface area contributed by atoms with E-state index in [0.29, 0.717) is 0 Å². The van der Waals surface area contributed by atoms with E-state index >= 15 is 0 Å². The van der Waals surface area contributed by atoms with Gasteiger partial charge >= 0.3 is 8.56 Å². The molecule has 0 aromatic carbocycles. The maximum Gasteiger partial charge on any atom is 0.399 e. The topological polar surface area (TPSA) is 36.9 Å². The summed E-state index contributed by atoms with van der Waals surface area (Å²) >= 11 is 0. The fourth-order valence-electron chi connectivity index (χ4n) is 3.03. The summed E-state index contributed by atoms with van der Waals surface area (Å²) in [5, 5.41) is 0. The van der Waals surface area contributed by atoms with Gasteiger partial charge in [-0.25, -0.2) is 0 Å². The average Bonchev–Trinajstić information content (AvgIpc) is 2.38. The van der Waals surface area contributed by atoms with Gasteiger partial charge in [-0.1, -0.05) is 12.5 Å². The lowest BCUT2D eigenvalue weighted by molar-refractivity contribution is -0.212. The van der Waals surface area contributed by atoms with Gasteiger partial charge in [0.25, 0.3) is 0 Å². The molecule has 0 aliphatic carbocycles. The summed E-state index contributed by atoms with van der Waals surface area (Å²) in [6.07, 6.45) is 4.90. The monoisotopic (exact) mass is 260 g/mol. The molecule has 100 valence electrons. The van der Waals surface area contributed by atoms with Gasteiger partial charge in [0, 0.05) is 34.4 Å². The molecule has 0 radical (unpaired) electrons. The molecule has 0 saturated carbocycles.